The fourth-order valence-corrected chi connectivity index (χ4v) is 4.23. The lowest BCUT2D eigenvalue weighted by Gasteiger charge is -2.26. The number of fused-ring (bicyclic) bond motifs is 1. The van der Waals surface area contributed by atoms with Crippen molar-refractivity contribution in [3.05, 3.63) is 52.3 Å². The fraction of sp³-hybridized carbons (Fsp3) is 0.483. The van der Waals surface area contributed by atoms with Gasteiger partial charge < -0.3 is 19.5 Å². The van der Waals surface area contributed by atoms with E-state index in [9.17, 15) is 14.0 Å². The summed E-state index contributed by atoms with van der Waals surface area (Å²) >= 11 is 0. The highest BCUT2D eigenvalue weighted by atomic mass is 19.1. The number of carbonyl (C=O) groups excluding carboxylic acids is 1. The Balaban J connectivity index is 1.86. The van der Waals surface area contributed by atoms with Crippen LogP contribution in [0.25, 0.3) is 0 Å². The number of halogens is 1. The second-order valence-electron chi connectivity index (χ2n) is 10.5. The van der Waals surface area contributed by atoms with E-state index < -0.39 is 18.1 Å². The van der Waals surface area contributed by atoms with Gasteiger partial charge in [0, 0.05) is 36.1 Å². The number of nitrogens with one attached hydrogen (secondary N) is 1. The van der Waals surface area contributed by atoms with Gasteiger partial charge in [-0.1, -0.05) is 26.8 Å². The highest BCUT2D eigenvalue weighted by Gasteiger charge is 2.30. The summed E-state index contributed by atoms with van der Waals surface area (Å²) in [5, 5.41) is 26.3. The third kappa shape index (κ3) is 7.76. The van der Waals surface area contributed by atoms with Crippen molar-refractivity contribution in [2.24, 2.45) is 0 Å². The van der Waals surface area contributed by atoms with Gasteiger partial charge >= 0.3 is 5.97 Å². The minimum atomic E-state index is -0.859. The third-order valence-corrected chi connectivity index (χ3v) is 6.32. The zero-order chi connectivity index (χ0) is 28.6. The Morgan fingerprint density at radius 2 is 1.92 bits per heavy atom. The molecule has 0 radical (unpaired) electrons. The molecule has 208 valence electrons. The van der Waals surface area contributed by atoms with Crippen molar-refractivity contribution in [2.75, 3.05) is 19.8 Å². The molecular formula is C29H35FN4O5. The van der Waals surface area contributed by atoms with E-state index in [1.54, 1.807) is 29.2 Å². The molecule has 10 heteroatoms. The minimum Gasteiger partial charge on any atom is -0.490 e. The van der Waals surface area contributed by atoms with Crippen LogP contribution in [-0.4, -0.2) is 52.3 Å². The number of Topliss-reactive ketones (excluding diaryl/α,β-unsaturated/α-hetero) is 1. The Morgan fingerprint density at radius 3 is 2.59 bits per heavy atom. The molecule has 1 aromatic heterocycles. The predicted octanol–water partition coefficient (Wildman–Crippen LogP) is 5.19. The molecule has 1 aliphatic heterocycles. The van der Waals surface area contributed by atoms with Crippen molar-refractivity contribution >= 4 is 17.6 Å². The molecule has 0 amide bonds. The van der Waals surface area contributed by atoms with Crippen molar-refractivity contribution in [1.82, 2.24) is 9.88 Å². The first-order valence-electron chi connectivity index (χ1n) is 13.0. The fourth-order valence-electron chi connectivity index (χ4n) is 4.23. The van der Waals surface area contributed by atoms with E-state index in [1.165, 1.54) is 0 Å². The molecule has 39 heavy (non-hydrogen) atoms. The minimum absolute atomic E-state index is 0.0560. The van der Waals surface area contributed by atoms with Gasteiger partial charge in [0.15, 0.2) is 17.3 Å². The number of carboxylic acids is 1. The van der Waals surface area contributed by atoms with E-state index in [0.29, 0.717) is 55.0 Å². The summed E-state index contributed by atoms with van der Waals surface area (Å²) in [6.07, 6.45) is 1.90. The second kappa shape index (κ2) is 13.2. The van der Waals surface area contributed by atoms with Crippen LogP contribution in [-0.2, 0) is 23.4 Å². The highest BCUT2D eigenvalue weighted by Crippen LogP contribution is 2.40. The topological polar surface area (TPSA) is 137 Å². The average Bonchev–Trinajstić information content (AvgIpc) is 3.19. The zero-order valence-electron chi connectivity index (χ0n) is 22.7. The predicted molar refractivity (Wildman–Crippen MR) is 143 cm³/mol. The highest BCUT2D eigenvalue weighted by molar-refractivity contribution is 6.04. The summed E-state index contributed by atoms with van der Waals surface area (Å²) in [6, 6.07) is 8.82. The number of ether oxygens (including phenoxy) is 2. The van der Waals surface area contributed by atoms with Crippen molar-refractivity contribution in [1.29, 1.82) is 10.7 Å². The van der Waals surface area contributed by atoms with Crippen LogP contribution in [0.1, 0.15) is 85.7 Å². The van der Waals surface area contributed by atoms with Gasteiger partial charge in [-0.05, 0) is 42.9 Å². The number of benzene rings is 1. The van der Waals surface area contributed by atoms with E-state index in [4.69, 9.17) is 25.3 Å². The summed E-state index contributed by atoms with van der Waals surface area (Å²) in [6.45, 7) is 6.08. The first kappa shape index (κ1) is 29.6. The maximum absolute atomic E-state index is 13.5. The standard InChI is InChI=1S/C29H35FN4O5/c1-29(2,3)22-14-20(23(35)18-34-17-19-9-10-21(16-30)33-26(19)28(34)32)15-24(38-12-7-5-11-31)27(22)39-13-6-4-8-25(36)37/h9-10,14-15,32H,4-8,12-13,16-18H2,1-3H3,(H,36,37). The van der Waals surface area contributed by atoms with Gasteiger partial charge in [-0.2, -0.15) is 5.26 Å². The van der Waals surface area contributed by atoms with E-state index in [0.717, 1.165) is 11.1 Å². The van der Waals surface area contributed by atoms with Crippen LogP contribution in [0.15, 0.2) is 24.3 Å². The number of aromatic nitrogens is 1. The molecule has 0 spiro atoms. The summed E-state index contributed by atoms with van der Waals surface area (Å²) in [5.74, 6) is -0.119. The Labute approximate surface area is 228 Å². The lowest BCUT2D eigenvalue weighted by molar-refractivity contribution is -0.137. The van der Waals surface area contributed by atoms with Gasteiger partial charge in [-0.3, -0.25) is 15.0 Å². The largest absolute Gasteiger partial charge is 0.490 e. The van der Waals surface area contributed by atoms with E-state index in [-0.39, 0.29) is 43.5 Å². The number of carbonyl (C=O) groups is 2. The zero-order valence-corrected chi connectivity index (χ0v) is 22.7. The summed E-state index contributed by atoms with van der Waals surface area (Å²) in [4.78, 5) is 30.1. The number of amidine groups is 1. The van der Waals surface area contributed by atoms with Crippen LogP contribution in [0.3, 0.4) is 0 Å². The number of alkyl halides is 1. The molecule has 1 aliphatic rings. The van der Waals surface area contributed by atoms with E-state index in [1.807, 2.05) is 20.8 Å². The molecule has 2 aromatic rings. The first-order chi connectivity index (χ1) is 18.5. The maximum atomic E-state index is 13.5. The lowest BCUT2D eigenvalue weighted by Crippen LogP contribution is -2.30. The van der Waals surface area contributed by atoms with Gasteiger partial charge in [-0.25, -0.2) is 9.37 Å². The molecule has 0 saturated carbocycles. The van der Waals surface area contributed by atoms with Crippen LogP contribution in [0.4, 0.5) is 4.39 Å². The molecule has 1 aromatic carbocycles. The quantitative estimate of drug-likeness (QED) is 0.248. The number of aliphatic carboxylic acids is 1. The normalized spacial score (nSPS) is 12.7. The van der Waals surface area contributed by atoms with Crippen LogP contribution >= 0.6 is 0 Å². The number of pyridine rings is 1. The summed E-state index contributed by atoms with van der Waals surface area (Å²) in [7, 11) is 0. The Bertz CT molecular complexity index is 1270. The maximum Gasteiger partial charge on any atom is 0.303 e. The molecule has 9 nitrogen and oxygen atoms in total. The lowest BCUT2D eigenvalue weighted by atomic mass is 9.84. The van der Waals surface area contributed by atoms with Crippen LogP contribution in [0.5, 0.6) is 11.5 Å². The van der Waals surface area contributed by atoms with Gasteiger partial charge in [0.05, 0.1) is 31.5 Å². The monoisotopic (exact) mass is 538 g/mol. The van der Waals surface area contributed by atoms with Crippen LogP contribution in [0.2, 0.25) is 0 Å². The first-order valence-corrected chi connectivity index (χ1v) is 13.0. The summed E-state index contributed by atoms with van der Waals surface area (Å²) < 4.78 is 25.2. The Hall–Kier alpha value is -4.00. The second-order valence-corrected chi connectivity index (χ2v) is 10.5. The molecule has 0 saturated heterocycles. The van der Waals surface area contributed by atoms with E-state index >= 15 is 0 Å². The number of hydrogen-bond acceptors (Lipinski definition) is 7. The van der Waals surface area contributed by atoms with Gasteiger partial charge in [0.1, 0.15) is 18.2 Å². The molecule has 0 bridgehead atoms. The van der Waals surface area contributed by atoms with Crippen molar-refractivity contribution < 1.29 is 28.6 Å². The molecule has 0 aliphatic carbocycles. The summed E-state index contributed by atoms with van der Waals surface area (Å²) in [5.41, 5.74) is 2.15. The number of rotatable bonds is 14. The van der Waals surface area contributed by atoms with Crippen molar-refractivity contribution in [3.63, 3.8) is 0 Å². The molecule has 2 N–H and O–H groups in total. The molecule has 0 unspecified atom stereocenters. The number of nitrogens with zero attached hydrogens (tertiary/aromatic N) is 3. The smallest absolute Gasteiger partial charge is 0.303 e. The SMILES string of the molecule is CC(C)(C)c1cc(C(=O)CN2Cc3ccc(CF)nc3C2=N)cc(OCCCC#N)c1OCCCCC(=O)O. The van der Waals surface area contributed by atoms with E-state index in [2.05, 4.69) is 11.1 Å². The molecule has 0 atom stereocenters. The number of hydrogen-bond donors (Lipinski definition) is 2. The molecule has 0 fully saturated rings. The Kier molecular flexibility index (Phi) is 9.99. The van der Waals surface area contributed by atoms with Gasteiger partial charge in [0.25, 0.3) is 0 Å². The number of nitriles is 1. The molecule has 2 heterocycles. The number of ketones is 1. The van der Waals surface area contributed by atoms with Gasteiger partial charge in [-0.15, -0.1) is 0 Å². The average molecular weight is 539 g/mol. The van der Waals surface area contributed by atoms with Crippen LogP contribution < -0.4 is 9.47 Å². The van der Waals surface area contributed by atoms with Crippen molar-refractivity contribution in [3.8, 4) is 17.6 Å². The van der Waals surface area contributed by atoms with Crippen LogP contribution in [0, 0.1) is 16.7 Å². The van der Waals surface area contributed by atoms with Crippen molar-refractivity contribution in [2.45, 2.75) is 71.5 Å². The third-order valence-electron chi connectivity index (χ3n) is 6.32. The number of carboxylic acid groups (broad SMARTS) is 1. The van der Waals surface area contributed by atoms with Gasteiger partial charge in [0.2, 0.25) is 0 Å². The number of unbranched alkanes of at least 4 members (excludes halogenated alkanes) is 2. The Morgan fingerprint density at radius 1 is 1.18 bits per heavy atom. The molecule has 3 rings (SSSR count). The molecular weight excluding hydrogens is 503 g/mol.